The van der Waals surface area contributed by atoms with E-state index in [-0.39, 0.29) is 28.6 Å². The van der Waals surface area contributed by atoms with Crippen LogP contribution in [0.2, 0.25) is 0 Å². The zero-order chi connectivity index (χ0) is 37.3. The molecule has 10 nitrogen and oxygen atoms in total. The molecular weight excluding hydrogens is 649 g/mol. The number of piperazine rings is 1. The van der Waals surface area contributed by atoms with Gasteiger partial charge in [-0.15, -0.1) is 0 Å². The predicted molar refractivity (Wildman–Crippen MR) is 198 cm³/mol. The van der Waals surface area contributed by atoms with Gasteiger partial charge < -0.3 is 14.5 Å². The van der Waals surface area contributed by atoms with E-state index in [1.54, 1.807) is 84.7 Å². The van der Waals surface area contributed by atoms with Crippen LogP contribution in [0.25, 0.3) is 25.7 Å². The summed E-state index contributed by atoms with van der Waals surface area (Å²) in [6, 6.07) is 23.1. The van der Waals surface area contributed by atoms with Crippen LogP contribution >= 0.6 is 0 Å². The Morgan fingerprint density at radius 3 is 2.12 bits per heavy atom. The van der Waals surface area contributed by atoms with Crippen molar-refractivity contribution in [3.63, 3.8) is 0 Å². The summed E-state index contributed by atoms with van der Waals surface area (Å²) in [5, 5.41) is 29.9. The number of carbonyl (C=O) groups is 1. The van der Waals surface area contributed by atoms with Crippen LogP contribution in [0.1, 0.15) is 30.9 Å². The van der Waals surface area contributed by atoms with Crippen LogP contribution in [0.4, 0.5) is 4.79 Å². The molecule has 1 amide bonds. The molecule has 52 heavy (non-hydrogen) atoms. The van der Waals surface area contributed by atoms with E-state index in [2.05, 4.69) is 31.6 Å². The molecule has 2 aromatic rings. The highest BCUT2D eigenvalue weighted by atomic mass is 16.6. The molecule has 254 valence electrons. The van der Waals surface area contributed by atoms with Crippen molar-refractivity contribution in [3.05, 3.63) is 176 Å². The van der Waals surface area contributed by atoms with E-state index < -0.39 is 6.04 Å². The van der Waals surface area contributed by atoms with E-state index in [1.165, 1.54) is 0 Å². The number of hydrogen-bond acceptors (Lipinski definition) is 6. The van der Waals surface area contributed by atoms with Crippen LogP contribution in [-0.4, -0.2) is 54.7 Å². The molecular formula is C42H34N8O2. The fourth-order valence-electron chi connectivity index (χ4n) is 6.04. The average molecular weight is 683 g/mol. The highest BCUT2D eigenvalue weighted by Crippen LogP contribution is 2.36. The number of hydrogen-bond donors (Lipinski definition) is 0. The van der Waals surface area contributed by atoms with Crippen molar-refractivity contribution in [2.24, 2.45) is 0 Å². The molecule has 1 saturated heterocycles. The highest BCUT2D eigenvalue weighted by Gasteiger charge is 2.29. The Balaban J connectivity index is 1.76. The van der Waals surface area contributed by atoms with Crippen molar-refractivity contribution in [1.82, 2.24) is 9.80 Å². The van der Waals surface area contributed by atoms with Crippen LogP contribution in [0.5, 0.6) is 0 Å². The molecule has 4 rings (SSSR count). The number of ether oxygens (including phenoxy) is 1. The Labute approximate surface area is 304 Å². The van der Waals surface area contributed by atoms with Gasteiger partial charge in [0.15, 0.2) is 6.07 Å². The minimum Gasteiger partial charge on any atom is -0.450 e. The quantitative estimate of drug-likeness (QED) is 0.141. The maximum atomic E-state index is 12.4. The molecule has 0 aromatic heterocycles. The topological polar surface area (TPSA) is 117 Å². The molecule has 1 unspecified atom stereocenters. The number of rotatable bonds is 10. The summed E-state index contributed by atoms with van der Waals surface area (Å²) in [6.45, 7) is 26.8. The molecule has 0 bridgehead atoms. The van der Waals surface area contributed by atoms with E-state index in [0.29, 0.717) is 62.3 Å². The molecule has 1 aliphatic heterocycles. The SMILES string of the molecule is [C-]#[N+]C([N+]#[C-])=C(/C(C#N)=C/C=C/C1=C(N2CCN(C(=O)OCC)CC2)C(=C/C=C/C(C#N)=C(\c2ccccc2)C(C#N)[N+]#[C-])\CC1)c1ccccc1. The molecule has 0 radical (unpaired) electrons. The first-order valence-corrected chi connectivity index (χ1v) is 16.5. The minimum atomic E-state index is -1.15. The van der Waals surface area contributed by atoms with Crippen LogP contribution in [0.15, 0.2) is 131 Å². The van der Waals surface area contributed by atoms with E-state index in [4.69, 9.17) is 24.5 Å². The van der Waals surface area contributed by atoms with E-state index in [0.717, 1.165) is 16.8 Å². The Morgan fingerprint density at radius 1 is 0.904 bits per heavy atom. The normalized spacial score (nSPS) is 16.2. The number of nitriles is 3. The van der Waals surface area contributed by atoms with E-state index in [1.807, 2.05) is 30.4 Å². The summed E-state index contributed by atoms with van der Waals surface area (Å²) >= 11 is 0. The first kappa shape index (κ1) is 37.4. The summed E-state index contributed by atoms with van der Waals surface area (Å²) in [4.78, 5) is 26.5. The van der Waals surface area contributed by atoms with Gasteiger partial charge >= 0.3 is 18.0 Å². The lowest BCUT2D eigenvalue weighted by Crippen LogP contribution is -2.48. The standard InChI is InChI=1S/C42H34N8O2/c1-5-52-42(51)50-26-24-49(25-27-50)40-33(18-12-20-35(28-43)38(37(30-45)46-2)31-14-8-6-9-15-31)22-23-34(40)19-13-21-36(29-44)39(41(47-3)48-4)32-16-10-7-11-17-32/h6-21,37H,5,22-27H2,1H3/b19-13+,20-12+,33-18-,36-21+,38-35-. The fourth-order valence-corrected chi connectivity index (χ4v) is 6.04. The monoisotopic (exact) mass is 682 g/mol. The van der Waals surface area contributed by atoms with Gasteiger partial charge in [-0.1, -0.05) is 85.0 Å². The van der Waals surface area contributed by atoms with Crippen LogP contribution < -0.4 is 0 Å². The minimum absolute atomic E-state index is 0.187. The molecule has 2 aliphatic rings. The summed E-state index contributed by atoms with van der Waals surface area (Å²) in [7, 11) is 0. The van der Waals surface area contributed by atoms with Gasteiger partial charge in [0.2, 0.25) is 0 Å². The highest BCUT2D eigenvalue weighted by molar-refractivity contribution is 5.87. The fraction of sp³-hybridized carbons (Fsp3) is 0.214. The molecule has 0 saturated carbocycles. The van der Waals surface area contributed by atoms with Crippen molar-refractivity contribution in [3.8, 4) is 18.2 Å². The molecule has 0 N–H and O–H groups in total. The van der Waals surface area contributed by atoms with Gasteiger partial charge in [0.1, 0.15) is 13.1 Å². The number of amides is 1. The van der Waals surface area contributed by atoms with Gasteiger partial charge in [0.25, 0.3) is 0 Å². The lowest BCUT2D eigenvalue weighted by molar-refractivity contribution is 0.0873. The Morgan fingerprint density at radius 2 is 1.56 bits per heavy atom. The lowest BCUT2D eigenvalue weighted by Gasteiger charge is -2.37. The third-order valence-corrected chi connectivity index (χ3v) is 8.42. The van der Waals surface area contributed by atoms with Crippen LogP contribution in [0, 0.1) is 53.7 Å². The summed E-state index contributed by atoms with van der Waals surface area (Å²) in [5.41, 5.74) is 5.21. The Hall–Kier alpha value is -7.37. The van der Waals surface area contributed by atoms with Gasteiger partial charge in [-0.3, -0.25) is 4.85 Å². The number of nitrogens with zero attached hydrogens (tertiary/aromatic N) is 8. The lowest BCUT2D eigenvalue weighted by atomic mass is 9.94. The van der Waals surface area contributed by atoms with Crippen molar-refractivity contribution < 1.29 is 9.53 Å². The van der Waals surface area contributed by atoms with Crippen molar-refractivity contribution in [2.45, 2.75) is 25.8 Å². The summed E-state index contributed by atoms with van der Waals surface area (Å²) in [5.74, 6) is -0.191. The number of carbonyl (C=O) groups excluding carboxylic acids is 1. The van der Waals surface area contributed by atoms with Crippen molar-refractivity contribution in [1.29, 1.82) is 15.8 Å². The van der Waals surface area contributed by atoms with Gasteiger partial charge in [-0.05, 0) is 54.2 Å². The van der Waals surface area contributed by atoms with Crippen LogP contribution in [0.3, 0.4) is 0 Å². The molecule has 10 heteroatoms. The largest absolute Gasteiger partial charge is 0.528 e. The Bertz CT molecular complexity index is 2110. The second-order valence-corrected chi connectivity index (χ2v) is 11.4. The van der Waals surface area contributed by atoms with Gasteiger partial charge in [0, 0.05) is 31.9 Å². The third-order valence-electron chi connectivity index (χ3n) is 8.42. The van der Waals surface area contributed by atoms with E-state index >= 15 is 0 Å². The predicted octanol–water partition coefficient (Wildman–Crippen LogP) is 8.29. The van der Waals surface area contributed by atoms with Gasteiger partial charge in [-0.2, -0.15) is 25.5 Å². The summed E-state index contributed by atoms with van der Waals surface area (Å²) in [6.07, 6.45) is 11.6. The van der Waals surface area contributed by atoms with Gasteiger partial charge in [-0.25, -0.2) is 11.4 Å². The second-order valence-electron chi connectivity index (χ2n) is 11.4. The van der Waals surface area contributed by atoms with Crippen LogP contribution in [-0.2, 0) is 4.74 Å². The zero-order valence-corrected chi connectivity index (χ0v) is 28.7. The number of allylic oxidation sites excluding steroid dienone is 11. The zero-order valence-electron chi connectivity index (χ0n) is 28.7. The molecule has 1 heterocycles. The summed E-state index contributed by atoms with van der Waals surface area (Å²) < 4.78 is 5.21. The molecule has 1 aliphatic carbocycles. The average Bonchev–Trinajstić information content (AvgIpc) is 3.59. The maximum absolute atomic E-state index is 12.4. The molecule has 1 fully saturated rings. The number of benzene rings is 2. The van der Waals surface area contributed by atoms with Gasteiger partial charge in [0.05, 0.1) is 41.0 Å². The van der Waals surface area contributed by atoms with E-state index in [9.17, 15) is 20.6 Å². The Kier molecular flexibility index (Phi) is 13.7. The second kappa shape index (κ2) is 19.0. The van der Waals surface area contributed by atoms with Crippen molar-refractivity contribution in [2.75, 3.05) is 32.8 Å². The molecule has 0 spiro atoms. The smallest absolute Gasteiger partial charge is 0.450 e. The molecule has 2 aromatic carbocycles. The van der Waals surface area contributed by atoms with Crippen molar-refractivity contribution >= 4 is 17.2 Å². The third kappa shape index (κ3) is 8.99. The first-order valence-electron chi connectivity index (χ1n) is 16.5. The first-order chi connectivity index (χ1) is 25.4. The maximum Gasteiger partial charge on any atom is 0.528 e. The molecule has 1 atom stereocenters.